The van der Waals surface area contributed by atoms with Crippen LogP contribution < -0.4 is 5.32 Å². The summed E-state index contributed by atoms with van der Waals surface area (Å²) in [4.78, 5) is 11.3. The van der Waals surface area contributed by atoms with Gasteiger partial charge in [0.15, 0.2) is 0 Å². The van der Waals surface area contributed by atoms with E-state index in [2.05, 4.69) is 5.32 Å². The van der Waals surface area contributed by atoms with E-state index >= 15 is 0 Å². The van der Waals surface area contributed by atoms with E-state index in [1.807, 2.05) is 6.92 Å². The van der Waals surface area contributed by atoms with E-state index in [4.69, 9.17) is 4.74 Å². The van der Waals surface area contributed by atoms with Crippen molar-refractivity contribution in [3.8, 4) is 0 Å². The maximum absolute atomic E-state index is 11.3. The molecule has 70 valence electrons. The van der Waals surface area contributed by atoms with Crippen LogP contribution in [0.25, 0.3) is 0 Å². The minimum absolute atomic E-state index is 0.0929. The lowest BCUT2D eigenvalue weighted by atomic mass is 9.96. The molecule has 0 radical (unpaired) electrons. The highest BCUT2D eigenvalue weighted by Crippen LogP contribution is 2.22. The van der Waals surface area contributed by atoms with E-state index in [0.717, 1.165) is 19.3 Å². The molecule has 1 unspecified atom stereocenters. The summed E-state index contributed by atoms with van der Waals surface area (Å²) in [5, 5.41) is 2.93. The van der Waals surface area contributed by atoms with Crippen molar-refractivity contribution >= 4 is 5.97 Å². The van der Waals surface area contributed by atoms with Crippen LogP contribution in [0.4, 0.5) is 0 Å². The lowest BCUT2D eigenvalue weighted by Gasteiger charge is -2.27. The molecule has 1 saturated carbocycles. The highest BCUT2D eigenvalue weighted by atomic mass is 16.5. The molecule has 12 heavy (non-hydrogen) atoms. The van der Waals surface area contributed by atoms with Gasteiger partial charge >= 0.3 is 5.97 Å². The zero-order chi connectivity index (χ0) is 8.97. The smallest absolute Gasteiger partial charge is 0.323 e. The number of nitrogens with one attached hydrogen (secondary N) is 1. The van der Waals surface area contributed by atoms with Crippen LogP contribution in [0.15, 0.2) is 0 Å². The fourth-order valence-corrected chi connectivity index (χ4v) is 1.22. The van der Waals surface area contributed by atoms with Crippen LogP contribution in [0, 0.1) is 0 Å². The summed E-state index contributed by atoms with van der Waals surface area (Å²) in [6, 6.07) is -0.120. The molecule has 1 atom stereocenters. The van der Waals surface area contributed by atoms with Gasteiger partial charge in [0.25, 0.3) is 0 Å². The van der Waals surface area contributed by atoms with Crippen molar-refractivity contribution in [2.45, 2.75) is 44.8 Å². The quantitative estimate of drug-likeness (QED) is 0.643. The molecule has 1 fully saturated rings. The summed E-state index contributed by atoms with van der Waals surface area (Å²) in [7, 11) is 1.79. The normalized spacial score (nSPS) is 19.8. The minimum atomic E-state index is -0.120. The van der Waals surface area contributed by atoms with Gasteiger partial charge in [0.1, 0.15) is 12.1 Å². The monoisotopic (exact) mass is 171 g/mol. The van der Waals surface area contributed by atoms with Gasteiger partial charge in [-0.1, -0.05) is 6.92 Å². The summed E-state index contributed by atoms with van der Waals surface area (Å²) < 4.78 is 5.23. The first kappa shape index (κ1) is 9.52. The second-order valence-electron chi connectivity index (χ2n) is 3.24. The molecule has 1 aliphatic carbocycles. The molecule has 0 aliphatic heterocycles. The summed E-state index contributed by atoms with van der Waals surface area (Å²) in [6.07, 6.45) is 4.30. The van der Waals surface area contributed by atoms with E-state index in [1.54, 1.807) is 7.05 Å². The van der Waals surface area contributed by atoms with Gasteiger partial charge in [0.2, 0.25) is 0 Å². The van der Waals surface area contributed by atoms with Gasteiger partial charge < -0.3 is 10.1 Å². The van der Waals surface area contributed by atoms with Crippen molar-refractivity contribution in [3.05, 3.63) is 0 Å². The standard InChI is InChI=1S/C9H17NO2/c1-3-8(10-2)9(11)12-7-5-4-6-7/h7-8,10H,3-6H2,1-2H3. The Kier molecular flexibility index (Phi) is 3.53. The molecular weight excluding hydrogens is 154 g/mol. The Labute approximate surface area is 73.5 Å². The summed E-state index contributed by atoms with van der Waals surface area (Å²) in [5.41, 5.74) is 0. The number of carbonyl (C=O) groups is 1. The summed E-state index contributed by atoms with van der Waals surface area (Å²) >= 11 is 0. The number of likely N-dealkylation sites (N-methyl/N-ethyl adjacent to an activating group) is 1. The highest BCUT2D eigenvalue weighted by molar-refractivity contribution is 5.75. The third-order valence-corrected chi connectivity index (χ3v) is 2.38. The molecule has 1 N–H and O–H groups in total. The molecule has 3 heteroatoms. The minimum Gasteiger partial charge on any atom is -0.461 e. The predicted octanol–water partition coefficient (Wildman–Crippen LogP) is 1.08. The van der Waals surface area contributed by atoms with Crippen LogP contribution in [-0.4, -0.2) is 25.2 Å². The number of carbonyl (C=O) groups excluding carboxylic acids is 1. The van der Waals surface area contributed by atoms with E-state index in [9.17, 15) is 4.79 Å². The Bertz CT molecular complexity index is 151. The zero-order valence-corrected chi connectivity index (χ0v) is 7.80. The predicted molar refractivity (Wildman–Crippen MR) is 46.9 cm³/mol. The van der Waals surface area contributed by atoms with Crippen LogP contribution in [0.3, 0.4) is 0 Å². The molecule has 0 aromatic carbocycles. The second-order valence-corrected chi connectivity index (χ2v) is 3.24. The van der Waals surface area contributed by atoms with Gasteiger partial charge in [-0.3, -0.25) is 4.79 Å². The van der Waals surface area contributed by atoms with E-state index in [0.29, 0.717) is 0 Å². The van der Waals surface area contributed by atoms with Crippen molar-refractivity contribution in [1.82, 2.24) is 5.32 Å². The molecule has 0 aromatic rings. The fourth-order valence-electron chi connectivity index (χ4n) is 1.22. The third-order valence-electron chi connectivity index (χ3n) is 2.38. The van der Waals surface area contributed by atoms with E-state index in [1.165, 1.54) is 6.42 Å². The lowest BCUT2D eigenvalue weighted by molar-refractivity contribution is -0.155. The van der Waals surface area contributed by atoms with Crippen LogP contribution in [0.1, 0.15) is 32.6 Å². The number of hydrogen-bond donors (Lipinski definition) is 1. The van der Waals surface area contributed by atoms with E-state index in [-0.39, 0.29) is 18.1 Å². The van der Waals surface area contributed by atoms with Gasteiger partial charge in [-0.25, -0.2) is 0 Å². The third kappa shape index (κ3) is 2.21. The Morgan fingerprint density at radius 3 is 2.67 bits per heavy atom. The Balaban J connectivity index is 2.24. The Morgan fingerprint density at radius 2 is 2.33 bits per heavy atom. The molecule has 3 nitrogen and oxygen atoms in total. The number of ether oxygens (including phenoxy) is 1. The van der Waals surface area contributed by atoms with Crippen LogP contribution in [-0.2, 0) is 9.53 Å². The Hall–Kier alpha value is -0.570. The fraction of sp³-hybridized carbons (Fsp3) is 0.889. The van der Waals surface area contributed by atoms with Gasteiger partial charge in [-0.05, 0) is 32.7 Å². The van der Waals surface area contributed by atoms with Crippen LogP contribution in [0.5, 0.6) is 0 Å². The molecule has 0 aromatic heterocycles. The molecular formula is C9H17NO2. The SMILES string of the molecule is CCC(NC)C(=O)OC1CCC1. The lowest BCUT2D eigenvalue weighted by Crippen LogP contribution is -2.38. The number of rotatable bonds is 4. The Morgan fingerprint density at radius 1 is 1.67 bits per heavy atom. The molecule has 0 amide bonds. The number of esters is 1. The molecule has 0 saturated heterocycles. The largest absolute Gasteiger partial charge is 0.461 e. The maximum Gasteiger partial charge on any atom is 0.323 e. The average Bonchev–Trinajstić information content (AvgIpc) is 1.99. The van der Waals surface area contributed by atoms with Crippen molar-refractivity contribution in [2.75, 3.05) is 7.05 Å². The van der Waals surface area contributed by atoms with Gasteiger partial charge in [-0.15, -0.1) is 0 Å². The molecule has 0 heterocycles. The van der Waals surface area contributed by atoms with Gasteiger partial charge in [0.05, 0.1) is 0 Å². The highest BCUT2D eigenvalue weighted by Gasteiger charge is 2.24. The van der Waals surface area contributed by atoms with Crippen molar-refractivity contribution in [2.24, 2.45) is 0 Å². The topological polar surface area (TPSA) is 38.3 Å². The first-order chi connectivity index (χ1) is 5.77. The van der Waals surface area contributed by atoms with E-state index < -0.39 is 0 Å². The molecule has 1 rings (SSSR count). The summed E-state index contributed by atoms with van der Waals surface area (Å²) in [6.45, 7) is 1.98. The van der Waals surface area contributed by atoms with Crippen molar-refractivity contribution < 1.29 is 9.53 Å². The van der Waals surface area contributed by atoms with Gasteiger partial charge in [-0.2, -0.15) is 0 Å². The second kappa shape index (κ2) is 4.45. The molecule has 1 aliphatic rings. The number of hydrogen-bond acceptors (Lipinski definition) is 3. The van der Waals surface area contributed by atoms with Crippen LogP contribution in [0.2, 0.25) is 0 Å². The first-order valence-corrected chi connectivity index (χ1v) is 4.65. The zero-order valence-electron chi connectivity index (χ0n) is 7.80. The molecule has 0 bridgehead atoms. The summed E-state index contributed by atoms with van der Waals surface area (Å²) in [5.74, 6) is -0.0929. The van der Waals surface area contributed by atoms with Crippen LogP contribution >= 0.6 is 0 Å². The van der Waals surface area contributed by atoms with Crippen molar-refractivity contribution in [1.29, 1.82) is 0 Å². The van der Waals surface area contributed by atoms with Crippen molar-refractivity contribution in [3.63, 3.8) is 0 Å². The first-order valence-electron chi connectivity index (χ1n) is 4.65. The molecule has 0 spiro atoms. The maximum atomic E-state index is 11.3. The average molecular weight is 171 g/mol. The van der Waals surface area contributed by atoms with Gasteiger partial charge in [0, 0.05) is 0 Å².